The highest BCUT2D eigenvalue weighted by Crippen LogP contribution is 2.02. The lowest BCUT2D eigenvalue weighted by Crippen LogP contribution is -1.73. The largest absolute Gasteiger partial charge is 0.103 e. The zero-order chi connectivity index (χ0) is 7.11. The maximum atomic E-state index is 3.66. The molecule has 9 heavy (non-hydrogen) atoms. The molecule has 0 nitrogen and oxygen atoms in total. The number of hydrogen-bond acceptors (Lipinski definition) is 0. The number of halogens is 1. The van der Waals surface area contributed by atoms with Gasteiger partial charge >= 0.3 is 0 Å². The summed E-state index contributed by atoms with van der Waals surface area (Å²) in [6.07, 6.45) is 6.31. The minimum atomic E-state index is 1.02. The Morgan fingerprint density at radius 2 is 2.33 bits per heavy atom. The summed E-state index contributed by atoms with van der Waals surface area (Å²) in [4.78, 5) is 0. The fourth-order valence-electron chi connectivity index (χ4n) is 0.612. The Labute approximate surface area is 65.8 Å². The molecule has 0 fully saturated rings. The molecule has 0 unspecified atom stereocenters. The predicted molar refractivity (Wildman–Crippen MR) is 47.0 cm³/mol. The van der Waals surface area contributed by atoms with E-state index in [1.54, 1.807) is 0 Å². The fraction of sp³-hybridized carbons (Fsp3) is 0.500. The van der Waals surface area contributed by atoms with Crippen LogP contribution < -0.4 is 0 Å². The Bertz CT molecular complexity index is 103. The maximum Gasteiger partial charge on any atom is 0.00660 e. The van der Waals surface area contributed by atoms with Gasteiger partial charge in [-0.1, -0.05) is 33.7 Å². The van der Waals surface area contributed by atoms with Crippen molar-refractivity contribution in [1.82, 2.24) is 0 Å². The molecule has 1 heteroatoms. The number of alkyl halides is 1. The van der Waals surface area contributed by atoms with Crippen molar-refractivity contribution in [2.24, 2.45) is 0 Å². The monoisotopic (exact) mass is 188 g/mol. The molecule has 0 atom stereocenters. The average molecular weight is 189 g/mol. The molecule has 0 aliphatic heterocycles. The minimum Gasteiger partial charge on any atom is -0.103 e. The molecule has 52 valence electrons. The van der Waals surface area contributed by atoms with Gasteiger partial charge in [-0.25, -0.2) is 0 Å². The highest BCUT2D eigenvalue weighted by atomic mass is 79.9. The molecular formula is C8H13Br. The Kier molecular flexibility index (Phi) is 6.06. The van der Waals surface area contributed by atoms with Crippen LogP contribution in [0.25, 0.3) is 0 Å². The van der Waals surface area contributed by atoms with Crippen molar-refractivity contribution in [3.63, 3.8) is 0 Å². The first kappa shape index (κ1) is 8.96. The van der Waals surface area contributed by atoms with Crippen molar-refractivity contribution in [3.8, 4) is 0 Å². The Balaban J connectivity index is 3.42. The third-order valence-electron chi connectivity index (χ3n) is 1.07. The van der Waals surface area contributed by atoms with Gasteiger partial charge in [0.2, 0.25) is 0 Å². The first-order valence-electron chi connectivity index (χ1n) is 3.13. The minimum absolute atomic E-state index is 1.02. The summed E-state index contributed by atoms with van der Waals surface area (Å²) in [5.41, 5.74) is 1.41. The van der Waals surface area contributed by atoms with Crippen LogP contribution in [0.4, 0.5) is 0 Å². The Morgan fingerprint density at radius 1 is 1.67 bits per heavy atom. The van der Waals surface area contributed by atoms with Crippen LogP contribution in [0.2, 0.25) is 0 Å². The Morgan fingerprint density at radius 3 is 2.78 bits per heavy atom. The summed E-state index contributed by atoms with van der Waals surface area (Å²) in [6, 6.07) is 0. The van der Waals surface area contributed by atoms with E-state index < -0.39 is 0 Å². The van der Waals surface area contributed by atoms with Crippen molar-refractivity contribution < 1.29 is 0 Å². The summed E-state index contributed by atoms with van der Waals surface area (Å²) in [5.74, 6) is 0. The molecule has 0 heterocycles. The second kappa shape index (κ2) is 6.09. The molecule has 0 amide bonds. The van der Waals surface area contributed by atoms with Crippen LogP contribution in [0.1, 0.15) is 19.8 Å². The zero-order valence-corrected chi connectivity index (χ0v) is 7.45. The van der Waals surface area contributed by atoms with E-state index in [2.05, 4.69) is 35.5 Å². The van der Waals surface area contributed by atoms with Gasteiger partial charge in [0.15, 0.2) is 0 Å². The van der Waals surface area contributed by atoms with Crippen LogP contribution in [0.15, 0.2) is 24.3 Å². The molecule has 0 aromatic carbocycles. The molecule has 0 aliphatic rings. The van der Waals surface area contributed by atoms with Crippen molar-refractivity contribution >= 4 is 15.9 Å². The molecular weight excluding hydrogens is 176 g/mol. The van der Waals surface area contributed by atoms with Gasteiger partial charge in [-0.3, -0.25) is 0 Å². The Hall–Kier alpha value is -0.0400. The lowest BCUT2D eigenvalue weighted by Gasteiger charge is -1.92. The molecule has 0 spiro atoms. The SMILES string of the molecule is C=CCC(C)=CCCBr. The van der Waals surface area contributed by atoms with Gasteiger partial charge in [0, 0.05) is 5.33 Å². The second-order valence-electron chi connectivity index (χ2n) is 2.02. The van der Waals surface area contributed by atoms with Gasteiger partial charge in [-0.2, -0.15) is 0 Å². The molecule has 0 rings (SSSR count). The smallest absolute Gasteiger partial charge is 0.00660 e. The van der Waals surface area contributed by atoms with Crippen LogP contribution >= 0.6 is 15.9 Å². The van der Waals surface area contributed by atoms with E-state index >= 15 is 0 Å². The number of allylic oxidation sites excluding steroid dienone is 3. The summed E-state index contributed by atoms with van der Waals surface area (Å²) >= 11 is 3.36. The first-order chi connectivity index (χ1) is 4.31. The molecule has 0 bridgehead atoms. The van der Waals surface area contributed by atoms with E-state index in [4.69, 9.17) is 0 Å². The molecule has 0 saturated heterocycles. The van der Waals surface area contributed by atoms with Crippen LogP contribution in [0.3, 0.4) is 0 Å². The molecule has 0 N–H and O–H groups in total. The van der Waals surface area contributed by atoms with E-state index in [1.165, 1.54) is 5.57 Å². The highest BCUT2D eigenvalue weighted by molar-refractivity contribution is 9.09. The van der Waals surface area contributed by atoms with E-state index in [1.807, 2.05) is 6.08 Å². The van der Waals surface area contributed by atoms with Gasteiger partial charge < -0.3 is 0 Å². The quantitative estimate of drug-likeness (QED) is 0.470. The summed E-state index contributed by atoms with van der Waals surface area (Å²) < 4.78 is 0. The van der Waals surface area contributed by atoms with Crippen LogP contribution in [-0.4, -0.2) is 5.33 Å². The zero-order valence-electron chi connectivity index (χ0n) is 5.86. The topological polar surface area (TPSA) is 0 Å². The summed E-state index contributed by atoms with van der Waals surface area (Å²) in [5, 5.41) is 1.06. The molecule has 0 aliphatic carbocycles. The maximum absolute atomic E-state index is 3.66. The first-order valence-corrected chi connectivity index (χ1v) is 4.26. The molecule has 0 saturated carbocycles. The third-order valence-corrected chi connectivity index (χ3v) is 1.53. The van der Waals surface area contributed by atoms with Crippen LogP contribution in [-0.2, 0) is 0 Å². The van der Waals surface area contributed by atoms with Gasteiger partial charge in [0.1, 0.15) is 0 Å². The van der Waals surface area contributed by atoms with Crippen molar-refractivity contribution in [2.45, 2.75) is 19.8 Å². The third kappa shape index (κ3) is 5.84. The van der Waals surface area contributed by atoms with E-state index in [-0.39, 0.29) is 0 Å². The molecule has 0 radical (unpaired) electrons. The molecule has 0 aromatic rings. The lowest BCUT2D eigenvalue weighted by molar-refractivity contribution is 1.14. The summed E-state index contributed by atoms with van der Waals surface area (Å²) in [7, 11) is 0. The van der Waals surface area contributed by atoms with Crippen molar-refractivity contribution in [1.29, 1.82) is 0 Å². The van der Waals surface area contributed by atoms with Crippen LogP contribution in [0, 0.1) is 0 Å². The van der Waals surface area contributed by atoms with Gasteiger partial charge in [0.25, 0.3) is 0 Å². The standard InChI is InChI=1S/C8H13Br/c1-3-5-8(2)6-4-7-9/h3,6H,1,4-5,7H2,2H3. The number of hydrogen-bond donors (Lipinski definition) is 0. The van der Waals surface area contributed by atoms with Gasteiger partial charge in [0.05, 0.1) is 0 Å². The molecule has 0 aromatic heterocycles. The van der Waals surface area contributed by atoms with Gasteiger partial charge in [-0.15, -0.1) is 6.58 Å². The van der Waals surface area contributed by atoms with E-state index in [0.29, 0.717) is 0 Å². The van der Waals surface area contributed by atoms with Gasteiger partial charge in [-0.05, 0) is 19.8 Å². The summed E-state index contributed by atoms with van der Waals surface area (Å²) in [6.45, 7) is 5.79. The van der Waals surface area contributed by atoms with Crippen LogP contribution in [0.5, 0.6) is 0 Å². The second-order valence-corrected chi connectivity index (χ2v) is 2.81. The number of rotatable bonds is 4. The fourth-order valence-corrected chi connectivity index (χ4v) is 0.841. The van der Waals surface area contributed by atoms with E-state index in [9.17, 15) is 0 Å². The average Bonchev–Trinajstić information content (AvgIpc) is 1.85. The van der Waals surface area contributed by atoms with Crippen molar-refractivity contribution in [3.05, 3.63) is 24.3 Å². The van der Waals surface area contributed by atoms with Crippen molar-refractivity contribution in [2.75, 3.05) is 5.33 Å². The normalized spacial score (nSPS) is 11.6. The van der Waals surface area contributed by atoms with E-state index in [0.717, 1.165) is 18.2 Å². The lowest BCUT2D eigenvalue weighted by atomic mass is 10.2. The predicted octanol–water partition coefficient (Wildman–Crippen LogP) is 3.29. The highest BCUT2D eigenvalue weighted by Gasteiger charge is 1.82.